The maximum atomic E-state index is 12.6. The highest BCUT2D eigenvalue weighted by atomic mass is 16.1. The average molecular weight is 417 g/mol. The van der Waals surface area contributed by atoms with Crippen molar-refractivity contribution in [3.8, 4) is 0 Å². The van der Waals surface area contributed by atoms with Crippen LogP contribution in [-0.2, 0) is 0 Å². The van der Waals surface area contributed by atoms with Crippen LogP contribution in [0.1, 0.15) is 121 Å². The van der Waals surface area contributed by atoms with Crippen molar-refractivity contribution in [2.24, 2.45) is 0 Å². The lowest BCUT2D eigenvalue weighted by Gasteiger charge is -2.19. The summed E-state index contributed by atoms with van der Waals surface area (Å²) in [5.41, 5.74) is 1.73. The van der Waals surface area contributed by atoms with Gasteiger partial charge in [-0.05, 0) is 25.5 Å². The highest BCUT2D eigenvalue weighted by molar-refractivity contribution is 5.99. The summed E-state index contributed by atoms with van der Waals surface area (Å²) in [6.45, 7) is 4.41. The fourth-order valence-corrected chi connectivity index (χ4v) is 4.07. The molecule has 0 fully saturated rings. The Morgan fingerprint density at radius 1 is 0.800 bits per heavy atom. The van der Waals surface area contributed by atoms with Crippen LogP contribution in [0.2, 0.25) is 0 Å². The Morgan fingerprint density at radius 3 is 1.77 bits per heavy atom. The van der Waals surface area contributed by atoms with Gasteiger partial charge in [-0.3, -0.25) is 4.79 Å². The van der Waals surface area contributed by atoms with Gasteiger partial charge in [0.2, 0.25) is 0 Å². The molecule has 0 radical (unpaired) electrons. The second-order valence-corrected chi connectivity index (χ2v) is 9.17. The lowest BCUT2D eigenvalue weighted by molar-refractivity contribution is 0.0938. The summed E-state index contributed by atoms with van der Waals surface area (Å²) in [5, 5.41) is 3.17. The molecule has 0 aliphatic rings. The van der Waals surface area contributed by atoms with Crippen LogP contribution in [0.5, 0.6) is 0 Å². The first-order valence-electron chi connectivity index (χ1n) is 12.6. The highest BCUT2D eigenvalue weighted by Gasteiger charge is 2.14. The average Bonchev–Trinajstić information content (AvgIpc) is 2.73. The molecular weight excluding hydrogens is 368 g/mol. The van der Waals surface area contributed by atoms with Crippen LogP contribution < -0.4 is 10.2 Å². The zero-order chi connectivity index (χ0) is 22.0. The number of hydrogen-bond acceptors (Lipinski definition) is 2. The number of carbonyl (C=O) groups is 1. The van der Waals surface area contributed by atoms with E-state index in [4.69, 9.17) is 0 Å². The van der Waals surface area contributed by atoms with Crippen LogP contribution in [0, 0.1) is 0 Å². The third-order valence-corrected chi connectivity index (χ3v) is 6.00. The van der Waals surface area contributed by atoms with Crippen LogP contribution in [0.25, 0.3) is 0 Å². The second kappa shape index (κ2) is 17.2. The molecule has 0 saturated carbocycles. The van der Waals surface area contributed by atoms with Gasteiger partial charge in [0, 0.05) is 25.8 Å². The largest absolute Gasteiger partial charge is 0.377 e. The third-order valence-electron chi connectivity index (χ3n) is 6.00. The Balaban J connectivity index is 2.00. The maximum absolute atomic E-state index is 12.6. The molecule has 3 heteroatoms. The molecule has 0 aromatic heterocycles. The van der Waals surface area contributed by atoms with Crippen molar-refractivity contribution in [2.75, 3.05) is 19.0 Å². The van der Waals surface area contributed by atoms with Gasteiger partial charge in [0.1, 0.15) is 0 Å². The lowest BCUT2D eigenvalue weighted by Crippen LogP contribution is -2.33. The van der Waals surface area contributed by atoms with Gasteiger partial charge in [0.15, 0.2) is 0 Å². The summed E-state index contributed by atoms with van der Waals surface area (Å²) in [6.07, 6.45) is 20.4. The minimum Gasteiger partial charge on any atom is -0.377 e. The maximum Gasteiger partial charge on any atom is 0.253 e. The van der Waals surface area contributed by atoms with E-state index in [9.17, 15) is 4.79 Å². The number of amides is 1. The predicted octanol–water partition coefficient (Wildman–Crippen LogP) is 7.74. The van der Waals surface area contributed by atoms with Gasteiger partial charge in [-0.2, -0.15) is 0 Å². The van der Waals surface area contributed by atoms with Crippen LogP contribution in [0.4, 0.5) is 5.69 Å². The molecule has 3 nitrogen and oxygen atoms in total. The standard InChI is InChI=1S/C27H48N2O/c1-5-6-7-8-9-10-11-12-13-14-15-16-17-18-21-24(2)28-27(30)25-22-19-20-23-26(25)29(3)4/h19-20,22-24H,5-18,21H2,1-4H3,(H,28,30). The van der Waals surface area contributed by atoms with Gasteiger partial charge in [0.05, 0.1) is 5.56 Å². The summed E-state index contributed by atoms with van der Waals surface area (Å²) in [7, 11) is 3.95. The normalized spacial score (nSPS) is 12.0. The van der Waals surface area contributed by atoms with Gasteiger partial charge in [0.25, 0.3) is 5.91 Å². The van der Waals surface area contributed by atoms with Crippen molar-refractivity contribution >= 4 is 11.6 Å². The molecule has 1 unspecified atom stereocenters. The molecule has 0 aliphatic carbocycles. The van der Waals surface area contributed by atoms with Crippen LogP contribution in [-0.4, -0.2) is 26.0 Å². The topological polar surface area (TPSA) is 32.3 Å². The predicted molar refractivity (Wildman–Crippen MR) is 133 cm³/mol. The molecule has 0 spiro atoms. The fraction of sp³-hybridized carbons (Fsp3) is 0.741. The van der Waals surface area contributed by atoms with Crippen molar-refractivity contribution in [1.29, 1.82) is 0 Å². The minimum absolute atomic E-state index is 0.0390. The molecule has 1 amide bonds. The zero-order valence-corrected chi connectivity index (χ0v) is 20.3. The van der Waals surface area contributed by atoms with E-state index < -0.39 is 0 Å². The second-order valence-electron chi connectivity index (χ2n) is 9.17. The van der Waals surface area contributed by atoms with E-state index in [0.717, 1.165) is 17.7 Å². The van der Waals surface area contributed by atoms with Gasteiger partial charge < -0.3 is 10.2 Å². The Kier molecular flexibility index (Phi) is 15.2. The quantitative estimate of drug-likeness (QED) is 0.248. The Hall–Kier alpha value is -1.51. The van der Waals surface area contributed by atoms with Crippen LogP contribution >= 0.6 is 0 Å². The van der Waals surface area contributed by atoms with E-state index >= 15 is 0 Å². The summed E-state index contributed by atoms with van der Waals surface area (Å²) in [4.78, 5) is 14.6. The highest BCUT2D eigenvalue weighted by Crippen LogP contribution is 2.18. The first-order chi connectivity index (χ1) is 14.6. The number of nitrogens with one attached hydrogen (secondary N) is 1. The number of carbonyl (C=O) groups excluding carboxylic acids is 1. The molecule has 0 saturated heterocycles. The molecule has 1 rings (SSSR count). The van der Waals surface area contributed by atoms with Crippen molar-refractivity contribution < 1.29 is 4.79 Å². The molecule has 0 bridgehead atoms. The first kappa shape index (κ1) is 26.5. The molecule has 30 heavy (non-hydrogen) atoms. The number of benzene rings is 1. The SMILES string of the molecule is CCCCCCCCCCCCCCCCC(C)NC(=O)c1ccccc1N(C)C. The fourth-order valence-electron chi connectivity index (χ4n) is 4.07. The summed E-state index contributed by atoms with van der Waals surface area (Å²) >= 11 is 0. The van der Waals surface area contributed by atoms with Crippen LogP contribution in [0.3, 0.4) is 0 Å². The van der Waals surface area contributed by atoms with Gasteiger partial charge in [-0.25, -0.2) is 0 Å². The molecular formula is C27H48N2O. The molecule has 1 aromatic rings. The van der Waals surface area contributed by atoms with Gasteiger partial charge in [-0.1, -0.05) is 109 Å². The Morgan fingerprint density at radius 2 is 1.27 bits per heavy atom. The summed E-state index contributed by atoms with van der Waals surface area (Å²) in [5.74, 6) is 0.0390. The van der Waals surface area contributed by atoms with Crippen molar-refractivity contribution in [1.82, 2.24) is 5.32 Å². The Labute approximate surface area is 187 Å². The number of unbranched alkanes of at least 4 members (excludes halogenated alkanes) is 13. The number of hydrogen-bond donors (Lipinski definition) is 1. The first-order valence-corrected chi connectivity index (χ1v) is 12.6. The minimum atomic E-state index is 0.0390. The number of nitrogens with zero attached hydrogens (tertiary/aromatic N) is 1. The number of para-hydroxylation sites is 1. The molecule has 1 atom stereocenters. The van der Waals surface area contributed by atoms with Crippen LogP contribution in [0.15, 0.2) is 24.3 Å². The number of anilines is 1. The number of rotatable bonds is 18. The molecule has 1 N–H and O–H groups in total. The molecule has 0 aliphatic heterocycles. The van der Waals surface area contributed by atoms with Crippen molar-refractivity contribution in [3.63, 3.8) is 0 Å². The van der Waals surface area contributed by atoms with Gasteiger partial charge in [-0.15, -0.1) is 0 Å². The molecule has 172 valence electrons. The van der Waals surface area contributed by atoms with Crippen molar-refractivity contribution in [2.45, 2.75) is 116 Å². The van der Waals surface area contributed by atoms with E-state index in [1.807, 2.05) is 43.3 Å². The van der Waals surface area contributed by atoms with E-state index in [-0.39, 0.29) is 11.9 Å². The van der Waals surface area contributed by atoms with E-state index in [2.05, 4.69) is 19.2 Å². The van der Waals surface area contributed by atoms with E-state index in [0.29, 0.717) is 0 Å². The van der Waals surface area contributed by atoms with E-state index in [1.165, 1.54) is 89.9 Å². The van der Waals surface area contributed by atoms with E-state index in [1.54, 1.807) is 0 Å². The Bertz CT molecular complexity index is 556. The van der Waals surface area contributed by atoms with Gasteiger partial charge >= 0.3 is 0 Å². The van der Waals surface area contributed by atoms with Crippen molar-refractivity contribution in [3.05, 3.63) is 29.8 Å². The zero-order valence-electron chi connectivity index (χ0n) is 20.3. The molecule has 0 heterocycles. The summed E-state index contributed by atoms with van der Waals surface area (Å²) in [6, 6.07) is 8.03. The molecule has 1 aromatic carbocycles. The summed E-state index contributed by atoms with van der Waals surface area (Å²) < 4.78 is 0. The monoisotopic (exact) mass is 416 g/mol. The lowest BCUT2D eigenvalue weighted by atomic mass is 10.0. The smallest absolute Gasteiger partial charge is 0.253 e. The third kappa shape index (κ3) is 12.2.